The molecule has 2 aromatic carbocycles. The smallest absolute Gasteiger partial charge is 0.332 e. The van der Waals surface area contributed by atoms with Gasteiger partial charge in [0, 0.05) is 27.2 Å². The molecule has 0 spiro atoms. The van der Waals surface area contributed by atoms with E-state index in [1.165, 1.54) is 11.6 Å². The number of carbonyl (C=O) groups excluding carboxylic acids is 1. The van der Waals surface area contributed by atoms with Crippen LogP contribution in [0, 0.1) is 5.92 Å². The van der Waals surface area contributed by atoms with E-state index in [-0.39, 0.29) is 23.8 Å². The molecule has 0 radical (unpaired) electrons. The Balaban J connectivity index is 1.84. The van der Waals surface area contributed by atoms with Crippen LogP contribution in [0.4, 0.5) is 17.2 Å². The first kappa shape index (κ1) is 23.8. The minimum atomic E-state index is -0.682. The summed E-state index contributed by atoms with van der Waals surface area (Å²) in [6, 6.07) is 17.7. The zero-order valence-electron chi connectivity index (χ0n) is 19.5. The first-order chi connectivity index (χ1) is 15.7. The van der Waals surface area contributed by atoms with Crippen LogP contribution in [0.15, 0.2) is 64.2 Å². The first-order valence-corrected chi connectivity index (χ1v) is 10.9. The molecule has 0 aliphatic carbocycles. The molecule has 0 amide bonds. The van der Waals surface area contributed by atoms with Crippen molar-refractivity contribution < 1.29 is 4.79 Å². The van der Waals surface area contributed by atoms with E-state index in [2.05, 4.69) is 22.3 Å². The third-order valence-corrected chi connectivity index (χ3v) is 5.43. The molecule has 0 saturated heterocycles. The maximum atomic E-state index is 13.0. The van der Waals surface area contributed by atoms with E-state index in [0.29, 0.717) is 13.1 Å². The number of para-hydroxylation sites is 2. The maximum Gasteiger partial charge on any atom is 0.332 e. The maximum absolute atomic E-state index is 13.0. The predicted molar refractivity (Wildman–Crippen MR) is 133 cm³/mol. The number of ketones is 1. The third kappa shape index (κ3) is 5.34. The first-order valence-electron chi connectivity index (χ1n) is 10.9. The molecule has 33 heavy (non-hydrogen) atoms. The van der Waals surface area contributed by atoms with E-state index in [0.717, 1.165) is 21.5 Å². The van der Waals surface area contributed by atoms with Gasteiger partial charge in [0.1, 0.15) is 11.4 Å². The van der Waals surface area contributed by atoms with Crippen LogP contribution >= 0.6 is 0 Å². The van der Waals surface area contributed by atoms with Crippen molar-refractivity contribution in [3.63, 3.8) is 0 Å². The predicted octanol–water partition coefficient (Wildman–Crippen LogP) is 2.72. The molecule has 3 rings (SSSR count). The van der Waals surface area contributed by atoms with Crippen molar-refractivity contribution in [1.29, 1.82) is 0 Å². The van der Waals surface area contributed by atoms with E-state index in [4.69, 9.17) is 5.73 Å². The summed E-state index contributed by atoms with van der Waals surface area (Å²) in [5.74, 6) is -0.431. The number of rotatable bonds is 9. The van der Waals surface area contributed by atoms with E-state index < -0.39 is 17.0 Å². The Morgan fingerprint density at radius 3 is 2.36 bits per heavy atom. The van der Waals surface area contributed by atoms with E-state index >= 15 is 0 Å². The molecule has 3 N–H and O–H groups in total. The summed E-state index contributed by atoms with van der Waals surface area (Å²) < 4.78 is 2.23. The minimum Gasteiger partial charge on any atom is -0.384 e. The Morgan fingerprint density at radius 1 is 1.06 bits per heavy atom. The molecular formula is C25H31N5O3. The van der Waals surface area contributed by atoms with Gasteiger partial charge in [-0.15, -0.1) is 0 Å². The molecule has 0 fully saturated rings. The number of hydrogen-bond donors (Lipinski definition) is 2. The van der Waals surface area contributed by atoms with Crippen LogP contribution in [0.2, 0.25) is 0 Å². The topological polar surface area (TPSA) is 102 Å². The van der Waals surface area contributed by atoms with Gasteiger partial charge < -0.3 is 16.0 Å². The number of nitrogens with two attached hydrogens (primary N) is 1. The molecule has 174 valence electrons. The second-order valence-electron chi connectivity index (χ2n) is 8.55. The number of hydrogen-bond acceptors (Lipinski definition) is 6. The fraction of sp³-hybridized carbons (Fsp3) is 0.320. The minimum absolute atomic E-state index is 0.0851. The summed E-state index contributed by atoms with van der Waals surface area (Å²) in [6.45, 7) is 4.75. The molecule has 0 saturated carbocycles. The lowest BCUT2D eigenvalue weighted by molar-refractivity contribution is 0.100. The summed E-state index contributed by atoms with van der Waals surface area (Å²) in [6.07, 6.45) is 0. The third-order valence-electron chi connectivity index (χ3n) is 5.43. The molecule has 0 bridgehead atoms. The highest BCUT2D eigenvalue weighted by atomic mass is 16.2. The molecule has 8 nitrogen and oxygen atoms in total. The quantitative estimate of drug-likeness (QED) is 0.487. The number of nitrogens with one attached hydrogen (secondary N) is 1. The van der Waals surface area contributed by atoms with Gasteiger partial charge in [0.2, 0.25) is 0 Å². The second-order valence-corrected chi connectivity index (χ2v) is 8.55. The lowest BCUT2D eigenvalue weighted by Crippen LogP contribution is -2.43. The highest BCUT2D eigenvalue weighted by Crippen LogP contribution is 2.26. The SMILES string of the molecule is CC(C)Cn1c(N)c(C(=O)CNc2ccccc2N(C)Cc2ccccc2)c(=O)n(C)c1=O. The Hall–Kier alpha value is -3.81. The number of nitrogens with zero attached hydrogens (tertiary/aromatic N) is 3. The van der Waals surface area contributed by atoms with Gasteiger partial charge in [-0.3, -0.25) is 18.7 Å². The number of anilines is 3. The van der Waals surface area contributed by atoms with Gasteiger partial charge in [0.15, 0.2) is 5.78 Å². The van der Waals surface area contributed by atoms with Gasteiger partial charge in [-0.1, -0.05) is 56.3 Å². The highest BCUT2D eigenvalue weighted by molar-refractivity contribution is 6.02. The molecule has 1 heterocycles. The van der Waals surface area contributed by atoms with Crippen molar-refractivity contribution in [2.45, 2.75) is 26.9 Å². The average Bonchev–Trinajstić information content (AvgIpc) is 2.80. The number of Topliss-reactive ketones (excluding diaryl/α,β-unsaturated/α-hetero) is 1. The molecule has 0 aliphatic heterocycles. The summed E-state index contributed by atoms with van der Waals surface area (Å²) in [5.41, 5.74) is 7.59. The summed E-state index contributed by atoms with van der Waals surface area (Å²) in [5, 5.41) is 3.14. The lowest BCUT2D eigenvalue weighted by Gasteiger charge is -2.23. The number of carbonyl (C=O) groups is 1. The van der Waals surface area contributed by atoms with Gasteiger partial charge in [0.25, 0.3) is 5.56 Å². The normalized spacial score (nSPS) is 10.9. The standard InChI is InChI=1S/C25H31N5O3/c1-17(2)15-30-23(26)22(24(32)29(4)25(30)33)21(31)14-27-19-12-8-9-13-20(19)28(3)16-18-10-6-5-7-11-18/h5-13,17,27H,14-16,26H2,1-4H3. The van der Waals surface area contributed by atoms with Crippen LogP contribution in [0.5, 0.6) is 0 Å². The van der Waals surface area contributed by atoms with Crippen molar-refractivity contribution in [2.24, 2.45) is 13.0 Å². The molecule has 3 aromatic rings. The van der Waals surface area contributed by atoms with Gasteiger partial charge in [-0.2, -0.15) is 0 Å². The van der Waals surface area contributed by atoms with Crippen molar-refractivity contribution in [2.75, 3.05) is 29.5 Å². The molecule has 0 atom stereocenters. The average molecular weight is 450 g/mol. The largest absolute Gasteiger partial charge is 0.384 e. The fourth-order valence-electron chi connectivity index (χ4n) is 3.75. The van der Waals surface area contributed by atoms with Crippen molar-refractivity contribution >= 4 is 23.0 Å². The van der Waals surface area contributed by atoms with Crippen LogP contribution < -0.4 is 27.2 Å². The Morgan fingerprint density at radius 2 is 1.70 bits per heavy atom. The molecular weight excluding hydrogens is 418 g/mol. The van der Waals surface area contributed by atoms with Crippen LogP contribution in [0.3, 0.4) is 0 Å². The van der Waals surface area contributed by atoms with E-state index in [9.17, 15) is 14.4 Å². The Bertz CT molecular complexity index is 1250. The van der Waals surface area contributed by atoms with E-state index in [1.807, 2.05) is 63.4 Å². The fourth-order valence-corrected chi connectivity index (χ4v) is 3.75. The van der Waals surface area contributed by atoms with Gasteiger partial charge >= 0.3 is 5.69 Å². The van der Waals surface area contributed by atoms with Crippen LogP contribution in [-0.4, -0.2) is 28.5 Å². The number of benzene rings is 2. The molecule has 8 heteroatoms. The molecule has 1 aromatic heterocycles. The van der Waals surface area contributed by atoms with Crippen molar-refractivity contribution in [3.8, 4) is 0 Å². The van der Waals surface area contributed by atoms with E-state index in [1.54, 1.807) is 0 Å². The van der Waals surface area contributed by atoms with Gasteiger partial charge in [-0.25, -0.2) is 4.79 Å². The monoisotopic (exact) mass is 449 g/mol. The Labute approximate surface area is 193 Å². The zero-order chi connectivity index (χ0) is 24.1. The van der Waals surface area contributed by atoms with Gasteiger partial charge in [-0.05, 0) is 23.6 Å². The van der Waals surface area contributed by atoms with Crippen LogP contribution in [0.25, 0.3) is 0 Å². The van der Waals surface area contributed by atoms with Crippen molar-refractivity contribution in [1.82, 2.24) is 9.13 Å². The highest BCUT2D eigenvalue weighted by Gasteiger charge is 2.22. The van der Waals surface area contributed by atoms with Crippen molar-refractivity contribution in [3.05, 3.63) is 86.6 Å². The summed E-state index contributed by atoms with van der Waals surface area (Å²) in [4.78, 5) is 40.3. The van der Waals surface area contributed by atoms with Crippen LogP contribution in [0.1, 0.15) is 29.8 Å². The van der Waals surface area contributed by atoms with Crippen LogP contribution in [-0.2, 0) is 20.1 Å². The van der Waals surface area contributed by atoms with Gasteiger partial charge in [0.05, 0.1) is 17.9 Å². The molecule has 0 unspecified atom stereocenters. The number of nitrogen functional groups attached to an aromatic ring is 1. The second kappa shape index (κ2) is 10.2. The zero-order valence-corrected chi connectivity index (χ0v) is 19.5. The summed E-state index contributed by atoms with van der Waals surface area (Å²) in [7, 11) is 3.34. The Kier molecular flexibility index (Phi) is 7.37. The lowest BCUT2D eigenvalue weighted by atomic mass is 10.1. The molecule has 0 aliphatic rings. The summed E-state index contributed by atoms with van der Waals surface area (Å²) >= 11 is 0. The number of aromatic nitrogens is 2.